The topological polar surface area (TPSA) is 84.9 Å². The minimum absolute atomic E-state index is 0.0627. The number of nitrogens with zero attached hydrogens (tertiary/aromatic N) is 1. The fourth-order valence-electron chi connectivity index (χ4n) is 3.06. The van der Waals surface area contributed by atoms with E-state index in [2.05, 4.69) is 5.32 Å². The summed E-state index contributed by atoms with van der Waals surface area (Å²) < 4.78 is 37.7. The molecule has 8 heteroatoms. The molecule has 7 nitrogen and oxygen atoms in total. The van der Waals surface area contributed by atoms with Gasteiger partial charge in [-0.1, -0.05) is 30.3 Å². The van der Waals surface area contributed by atoms with Crippen LogP contribution in [0.4, 0.5) is 0 Å². The summed E-state index contributed by atoms with van der Waals surface area (Å²) in [7, 11) is -2.26. The van der Waals surface area contributed by atoms with E-state index < -0.39 is 15.9 Å². The maximum absolute atomic E-state index is 12.9. The van der Waals surface area contributed by atoms with Crippen molar-refractivity contribution in [3.05, 3.63) is 59.7 Å². The Hall–Kier alpha value is -2.42. The van der Waals surface area contributed by atoms with Crippen molar-refractivity contribution in [2.45, 2.75) is 17.9 Å². The van der Waals surface area contributed by atoms with Crippen molar-refractivity contribution in [3.63, 3.8) is 0 Å². The van der Waals surface area contributed by atoms with Gasteiger partial charge in [0.05, 0.1) is 36.8 Å². The molecule has 3 rings (SSSR count). The van der Waals surface area contributed by atoms with Crippen LogP contribution in [0.3, 0.4) is 0 Å². The molecule has 2 aromatic rings. The van der Waals surface area contributed by atoms with E-state index in [-0.39, 0.29) is 16.5 Å². The monoisotopic (exact) mass is 404 g/mol. The van der Waals surface area contributed by atoms with Crippen molar-refractivity contribution < 1.29 is 22.7 Å². The van der Waals surface area contributed by atoms with E-state index in [9.17, 15) is 13.2 Å². The Morgan fingerprint density at radius 1 is 1.14 bits per heavy atom. The molecule has 1 heterocycles. The number of nitrogens with one attached hydrogen (secondary N) is 1. The van der Waals surface area contributed by atoms with Crippen molar-refractivity contribution in [3.8, 4) is 5.75 Å². The van der Waals surface area contributed by atoms with E-state index in [4.69, 9.17) is 9.47 Å². The van der Waals surface area contributed by atoms with Gasteiger partial charge in [0, 0.05) is 13.1 Å². The molecule has 150 valence electrons. The number of ether oxygens (including phenoxy) is 2. The van der Waals surface area contributed by atoms with Crippen LogP contribution in [0.25, 0.3) is 0 Å². The van der Waals surface area contributed by atoms with Gasteiger partial charge in [0.2, 0.25) is 10.0 Å². The Kier molecular flexibility index (Phi) is 6.33. The number of methoxy groups -OCH3 is 1. The number of amides is 1. The van der Waals surface area contributed by atoms with E-state index in [1.165, 1.54) is 29.6 Å². The second kappa shape index (κ2) is 8.72. The third-order valence-corrected chi connectivity index (χ3v) is 6.57. The fourth-order valence-corrected chi connectivity index (χ4v) is 4.50. The highest BCUT2D eigenvalue weighted by molar-refractivity contribution is 7.89. The van der Waals surface area contributed by atoms with Crippen molar-refractivity contribution in [1.29, 1.82) is 0 Å². The summed E-state index contributed by atoms with van der Waals surface area (Å²) in [6.45, 7) is 3.17. The van der Waals surface area contributed by atoms with E-state index in [0.717, 1.165) is 5.56 Å². The highest BCUT2D eigenvalue weighted by Gasteiger charge is 2.28. The lowest BCUT2D eigenvalue weighted by Crippen LogP contribution is -2.40. The van der Waals surface area contributed by atoms with E-state index in [1.807, 2.05) is 37.3 Å². The molecule has 0 aliphatic carbocycles. The molecule has 28 heavy (non-hydrogen) atoms. The maximum Gasteiger partial charge on any atom is 0.255 e. The van der Waals surface area contributed by atoms with Crippen LogP contribution in [0.5, 0.6) is 5.75 Å². The first-order valence-corrected chi connectivity index (χ1v) is 10.5. The lowest BCUT2D eigenvalue weighted by Gasteiger charge is -2.26. The zero-order valence-corrected chi connectivity index (χ0v) is 16.7. The third kappa shape index (κ3) is 4.35. The summed E-state index contributed by atoms with van der Waals surface area (Å²) in [4.78, 5) is 12.9. The summed E-state index contributed by atoms with van der Waals surface area (Å²) in [6.07, 6.45) is 0. The molecular weight excluding hydrogens is 380 g/mol. The van der Waals surface area contributed by atoms with Gasteiger partial charge in [0.25, 0.3) is 5.91 Å². The molecule has 2 aromatic carbocycles. The van der Waals surface area contributed by atoms with Gasteiger partial charge in [-0.25, -0.2) is 8.42 Å². The van der Waals surface area contributed by atoms with Crippen LogP contribution in [0.15, 0.2) is 53.4 Å². The minimum Gasteiger partial charge on any atom is -0.496 e. The number of rotatable bonds is 6. The van der Waals surface area contributed by atoms with Crippen molar-refractivity contribution in [2.24, 2.45) is 0 Å². The van der Waals surface area contributed by atoms with Gasteiger partial charge in [-0.15, -0.1) is 0 Å². The molecule has 1 saturated heterocycles. The molecule has 1 N–H and O–H groups in total. The predicted octanol–water partition coefficient (Wildman–Crippen LogP) is 2.21. The molecule has 1 fully saturated rings. The normalized spacial score (nSPS) is 16.4. The Morgan fingerprint density at radius 2 is 1.82 bits per heavy atom. The van der Waals surface area contributed by atoms with Crippen LogP contribution in [0.2, 0.25) is 0 Å². The van der Waals surface area contributed by atoms with E-state index in [0.29, 0.717) is 32.1 Å². The summed E-state index contributed by atoms with van der Waals surface area (Å²) in [5.41, 5.74) is 1.13. The maximum atomic E-state index is 12.9. The number of hydrogen-bond donors (Lipinski definition) is 1. The second-order valence-corrected chi connectivity index (χ2v) is 8.42. The summed E-state index contributed by atoms with van der Waals surface area (Å²) >= 11 is 0. The molecular formula is C20H24N2O5S. The van der Waals surface area contributed by atoms with E-state index in [1.54, 1.807) is 0 Å². The Balaban J connectivity index is 1.87. The first kappa shape index (κ1) is 20.3. The Labute approximate surface area is 165 Å². The van der Waals surface area contributed by atoms with E-state index >= 15 is 0 Å². The number of hydrogen-bond acceptors (Lipinski definition) is 5. The number of carbonyl (C=O) groups excluding carboxylic acids is 1. The highest BCUT2D eigenvalue weighted by Crippen LogP contribution is 2.26. The average Bonchev–Trinajstić information content (AvgIpc) is 2.74. The van der Waals surface area contributed by atoms with Crippen LogP contribution in [-0.4, -0.2) is 52.0 Å². The lowest BCUT2D eigenvalue weighted by molar-refractivity contribution is 0.0730. The number of benzene rings is 2. The minimum atomic E-state index is -3.71. The SMILES string of the molecule is COc1ccc(S(=O)(=O)N2CCOCC2)cc1C(=O)NC(C)c1ccccc1. The molecule has 1 atom stereocenters. The summed E-state index contributed by atoms with van der Waals surface area (Å²) in [5, 5.41) is 2.90. The largest absolute Gasteiger partial charge is 0.496 e. The quantitative estimate of drug-likeness (QED) is 0.798. The van der Waals surface area contributed by atoms with Crippen LogP contribution < -0.4 is 10.1 Å². The van der Waals surface area contributed by atoms with Crippen LogP contribution in [0, 0.1) is 0 Å². The fraction of sp³-hybridized carbons (Fsp3) is 0.350. The second-order valence-electron chi connectivity index (χ2n) is 6.48. The van der Waals surface area contributed by atoms with Crippen LogP contribution in [0.1, 0.15) is 28.9 Å². The van der Waals surface area contributed by atoms with Gasteiger partial charge < -0.3 is 14.8 Å². The first-order chi connectivity index (χ1) is 13.4. The molecule has 0 bridgehead atoms. The zero-order chi connectivity index (χ0) is 20.1. The van der Waals surface area contributed by atoms with Gasteiger partial charge in [0.1, 0.15) is 5.75 Å². The zero-order valence-electron chi connectivity index (χ0n) is 15.9. The standard InChI is InChI=1S/C20H24N2O5S/c1-15(16-6-4-3-5-7-16)21-20(23)18-14-17(8-9-19(18)26-2)28(24,25)22-10-12-27-13-11-22/h3-9,14-15H,10-13H2,1-2H3,(H,21,23). The van der Waals surface area contributed by atoms with Crippen LogP contribution in [-0.2, 0) is 14.8 Å². The first-order valence-electron chi connectivity index (χ1n) is 9.05. The van der Waals surface area contributed by atoms with Crippen LogP contribution >= 0.6 is 0 Å². The van der Waals surface area contributed by atoms with Crippen molar-refractivity contribution in [2.75, 3.05) is 33.4 Å². The number of sulfonamides is 1. The van der Waals surface area contributed by atoms with Gasteiger partial charge in [-0.3, -0.25) is 4.79 Å². The van der Waals surface area contributed by atoms with Crippen molar-refractivity contribution >= 4 is 15.9 Å². The van der Waals surface area contributed by atoms with Gasteiger partial charge in [0.15, 0.2) is 0 Å². The molecule has 0 aromatic heterocycles. The molecule has 0 saturated carbocycles. The third-order valence-electron chi connectivity index (χ3n) is 4.67. The number of morpholine rings is 1. The smallest absolute Gasteiger partial charge is 0.255 e. The molecule has 1 amide bonds. The molecule has 1 unspecified atom stereocenters. The molecule has 1 aliphatic rings. The van der Waals surface area contributed by atoms with Gasteiger partial charge in [-0.2, -0.15) is 4.31 Å². The summed E-state index contributed by atoms with van der Waals surface area (Å²) in [5.74, 6) is -0.0779. The molecule has 0 radical (unpaired) electrons. The molecule has 0 spiro atoms. The lowest BCUT2D eigenvalue weighted by atomic mass is 10.1. The molecule has 1 aliphatic heterocycles. The Morgan fingerprint density at radius 3 is 2.46 bits per heavy atom. The van der Waals surface area contributed by atoms with Gasteiger partial charge in [-0.05, 0) is 30.7 Å². The number of carbonyl (C=O) groups is 1. The summed E-state index contributed by atoms with van der Waals surface area (Å²) in [6, 6.07) is 13.6. The Bertz CT molecular complexity index is 925. The van der Waals surface area contributed by atoms with Gasteiger partial charge >= 0.3 is 0 Å². The average molecular weight is 404 g/mol. The van der Waals surface area contributed by atoms with Crippen molar-refractivity contribution in [1.82, 2.24) is 9.62 Å². The highest BCUT2D eigenvalue weighted by atomic mass is 32.2. The predicted molar refractivity (Wildman–Crippen MR) is 105 cm³/mol.